The quantitative estimate of drug-likeness (QED) is 0.829. The Hall–Kier alpha value is -0.940. The highest BCUT2D eigenvalue weighted by molar-refractivity contribution is 8.00. The predicted molar refractivity (Wildman–Crippen MR) is 75.9 cm³/mol. The van der Waals surface area contributed by atoms with Crippen molar-refractivity contribution >= 4 is 17.7 Å². The molecule has 2 fully saturated rings. The van der Waals surface area contributed by atoms with Crippen LogP contribution in [0.2, 0.25) is 0 Å². The summed E-state index contributed by atoms with van der Waals surface area (Å²) in [4.78, 5) is 16.4. The van der Waals surface area contributed by atoms with E-state index in [0.717, 1.165) is 25.3 Å². The zero-order valence-corrected chi connectivity index (χ0v) is 11.9. The normalized spacial score (nSPS) is 24.5. The van der Waals surface area contributed by atoms with Gasteiger partial charge in [0.05, 0.1) is 12.0 Å². The van der Waals surface area contributed by atoms with Crippen molar-refractivity contribution in [2.75, 3.05) is 31.9 Å². The van der Waals surface area contributed by atoms with Gasteiger partial charge in [0, 0.05) is 6.54 Å². The van der Waals surface area contributed by atoms with Gasteiger partial charge < -0.3 is 14.2 Å². The van der Waals surface area contributed by atoms with Gasteiger partial charge in [-0.1, -0.05) is 0 Å². The van der Waals surface area contributed by atoms with E-state index in [-0.39, 0.29) is 11.3 Å². The SMILES string of the molecule is O=C1CSC(c2ccco2)N1CCCN1CCCC1. The first-order valence-corrected chi connectivity index (χ1v) is 8.06. The zero-order chi connectivity index (χ0) is 13.1. The van der Waals surface area contributed by atoms with Crippen molar-refractivity contribution in [2.45, 2.75) is 24.6 Å². The fraction of sp³-hybridized carbons (Fsp3) is 0.643. The Bertz CT molecular complexity index is 415. The van der Waals surface area contributed by atoms with Crippen LogP contribution in [-0.2, 0) is 4.79 Å². The van der Waals surface area contributed by atoms with Gasteiger partial charge in [-0.15, -0.1) is 11.8 Å². The van der Waals surface area contributed by atoms with Crippen molar-refractivity contribution in [3.63, 3.8) is 0 Å². The minimum Gasteiger partial charge on any atom is -0.466 e. The molecule has 1 aromatic heterocycles. The second-order valence-corrected chi connectivity index (χ2v) is 6.24. The van der Waals surface area contributed by atoms with Crippen LogP contribution < -0.4 is 0 Å². The molecular weight excluding hydrogens is 260 g/mol. The number of likely N-dealkylation sites (tertiary alicyclic amines) is 1. The Morgan fingerprint density at radius 3 is 2.89 bits per heavy atom. The summed E-state index contributed by atoms with van der Waals surface area (Å²) in [7, 11) is 0. The van der Waals surface area contributed by atoms with E-state index in [4.69, 9.17) is 4.42 Å². The molecule has 3 rings (SSSR count). The van der Waals surface area contributed by atoms with Crippen LogP contribution in [0.15, 0.2) is 22.8 Å². The van der Waals surface area contributed by atoms with Gasteiger partial charge in [-0.25, -0.2) is 0 Å². The van der Waals surface area contributed by atoms with Gasteiger partial charge in [0.25, 0.3) is 0 Å². The molecule has 1 atom stereocenters. The molecule has 0 spiro atoms. The van der Waals surface area contributed by atoms with Gasteiger partial charge in [-0.05, 0) is 51.0 Å². The van der Waals surface area contributed by atoms with E-state index < -0.39 is 0 Å². The van der Waals surface area contributed by atoms with Crippen molar-refractivity contribution in [1.29, 1.82) is 0 Å². The number of thioether (sulfide) groups is 1. The monoisotopic (exact) mass is 280 g/mol. The topological polar surface area (TPSA) is 36.7 Å². The Morgan fingerprint density at radius 2 is 2.16 bits per heavy atom. The lowest BCUT2D eigenvalue weighted by Crippen LogP contribution is -2.31. The van der Waals surface area contributed by atoms with E-state index >= 15 is 0 Å². The van der Waals surface area contributed by atoms with Gasteiger partial charge in [0.15, 0.2) is 0 Å². The van der Waals surface area contributed by atoms with Crippen LogP contribution >= 0.6 is 11.8 Å². The van der Waals surface area contributed by atoms with Crippen molar-refractivity contribution in [1.82, 2.24) is 9.80 Å². The van der Waals surface area contributed by atoms with Crippen LogP contribution in [0.4, 0.5) is 0 Å². The highest BCUT2D eigenvalue weighted by Crippen LogP contribution is 2.38. The molecule has 0 saturated carbocycles. The van der Waals surface area contributed by atoms with Crippen molar-refractivity contribution < 1.29 is 9.21 Å². The molecule has 1 aromatic rings. The highest BCUT2D eigenvalue weighted by Gasteiger charge is 2.34. The lowest BCUT2D eigenvalue weighted by Gasteiger charge is -2.23. The third-order valence-corrected chi connectivity index (χ3v) is 5.04. The van der Waals surface area contributed by atoms with E-state index in [1.807, 2.05) is 17.0 Å². The molecule has 19 heavy (non-hydrogen) atoms. The molecule has 3 heterocycles. The summed E-state index contributed by atoms with van der Waals surface area (Å²) in [6, 6.07) is 3.85. The van der Waals surface area contributed by atoms with Crippen molar-refractivity contribution in [3.05, 3.63) is 24.2 Å². The highest BCUT2D eigenvalue weighted by atomic mass is 32.2. The number of nitrogens with zero attached hydrogens (tertiary/aromatic N) is 2. The summed E-state index contributed by atoms with van der Waals surface area (Å²) in [6.07, 6.45) is 5.39. The lowest BCUT2D eigenvalue weighted by atomic mass is 10.3. The van der Waals surface area contributed by atoms with Crippen LogP contribution in [0.1, 0.15) is 30.4 Å². The lowest BCUT2D eigenvalue weighted by molar-refractivity contribution is -0.128. The maximum atomic E-state index is 12.0. The van der Waals surface area contributed by atoms with Crippen LogP contribution in [0.25, 0.3) is 0 Å². The smallest absolute Gasteiger partial charge is 0.233 e. The summed E-state index contributed by atoms with van der Waals surface area (Å²) in [5.41, 5.74) is 0. The van der Waals surface area contributed by atoms with E-state index in [0.29, 0.717) is 5.75 Å². The second kappa shape index (κ2) is 6.01. The molecule has 2 aliphatic heterocycles. The molecular formula is C14H20N2O2S. The first kappa shape index (κ1) is 13.1. The number of amides is 1. The number of carbonyl (C=O) groups excluding carboxylic acids is 1. The van der Waals surface area contributed by atoms with Crippen LogP contribution in [0, 0.1) is 0 Å². The summed E-state index contributed by atoms with van der Waals surface area (Å²) in [6.45, 7) is 4.40. The van der Waals surface area contributed by atoms with E-state index in [1.165, 1.54) is 25.9 Å². The number of carbonyl (C=O) groups is 1. The van der Waals surface area contributed by atoms with Crippen LogP contribution in [-0.4, -0.2) is 47.6 Å². The summed E-state index contributed by atoms with van der Waals surface area (Å²) < 4.78 is 5.45. The fourth-order valence-electron chi connectivity index (χ4n) is 2.83. The van der Waals surface area contributed by atoms with E-state index in [9.17, 15) is 4.79 Å². The average molecular weight is 280 g/mol. The number of hydrogen-bond donors (Lipinski definition) is 0. The Balaban J connectivity index is 1.53. The van der Waals surface area contributed by atoms with Gasteiger partial charge in [-0.3, -0.25) is 4.79 Å². The number of rotatable bonds is 5. The maximum Gasteiger partial charge on any atom is 0.233 e. The van der Waals surface area contributed by atoms with Crippen molar-refractivity contribution in [2.24, 2.45) is 0 Å². The van der Waals surface area contributed by atoms with Gasteiger partial charge in [0.1, 0.15) is 11.1 Å². The second-order valence-electron chi connectivity index (χ2n) is 5.17. The molecule has 104 valence electrons. The zero-order valence-electron chi connectivity index (χ0n) is 11.1. The molecule has 2 aliphatic rings. The van der Waals surface area contributed by atoms with Crippen LogP contribution in [0.3, 0.4) is 0 Å². The average Bonchev–Trinajstić information content (AvgIpc) is 3.12. The summed E-state index contributed by atoms with van der Waals surface area (Å²) in [5.74, 6) is 1.72. The van der Waals surface area contributed by atoms with E-state index in [1.54, 1.807) is 18.0 Å². The number of hydrogen-bond acceptors (Lipinski definition) is 4. The minimum absolute atomic E-state index is 0.0843. The molecule has 4 nitrogen and oxygen atoms in total. The molecule has 1 amide bonds. The standard InChI is InChI=1S/C14H20N2O2S/c17-13-11-19-14(12-5-3-10-18-12)16(13)9-4-8-15-6-1-2-7-15/h3,5,10,14H,1-2,4,6-9,11H2. The van der Waals surface area contributed by atoms with Gasteiger partial charge >= 0.3 is 0 Å². The summed E-state index contributed by atoms with van der Waals surface area (Å²) >= 11 is 1.67. The van der Waals surface area contributed by atoms with E-state index in [2.05, 4.69) is 4.90 Å². The fourth-order valence-corrected chi connectivity index (χ4v) is 4.00. The number of furan rings is 1. The molecule has 2 saturated heterocycles. The first-order valence-electron chi connectivity index (χ1n) is 7.01. The van der Waals surface area contributed by atoms with Crippen LogP contribution in [0.5, 0.6) is 0 Å². The molecule has 0 aromatic carbocycles. The summed E-state index contributed by atoms with van der Waals surface area (Å²) in [5, 5.41) is 0.0843. The molecule has 0 radical (unpaired) electrons. The van der Waals surface area contributed by atoms with Gasteiger partial charge in [0.2, 0.25) is 5.91 Å². The first-order chi connectivity index (χ1) is 9.34. The Morgan fingerprint density at radius 1 is 1.32 bits per heavy atom. The largest absolute Gasteiger partial charge is 0.466 e. The third kappa shape index (κ3) is 2.98. The predicted octanol–water partition coefficient (Wildman–Crippen LogP) is 2.34. The molecule has 5 heteroatoms. The Labute approximate surface area is 118 Å². The minimum atomic E-state index is 0.0843. The molecule has 0 aliphatic carbocycles. The maximum absolute atomic E-state index is 12.0. The van der Waals surface area contributed by atoms with Gasteiger partial charge in [-0.2, -0.15) is 0 Å². The third-order valence-electron chi connectivity index (χ3n) is 3.83. The molecule has 1 unspecified atom stereocenters. The Kier molecular flexibility index (Phi) is 4.13. The van der Waals surface area contributed by atoms with Crippen molar-refractivity contribution in [3.8, 4) is 0 Å². The molecule has 0 N–H and O–H groups in total. The molecule has 0 bridgehead atoms.